The zero-order chi connectivity index (χ0) is 10.7. The molecule has 0 aliphatic heterocycles. The second kappa shape index (κ2) is 4.77. The number of aromatic nitrogens is 1. The summed E-state index contributed by atoms with van der Waals surface area (Å²) in [5.41, 5.74) is 2.24. The molecule has 0 spiro atoms. The minimum atomic E-state index is 0.837. The van der Waals surface area contributed by atoms with E-state index in [-0.39, 0.29) is 0 Å². The monoisotopic (exact) mass is 282 g/mol. The van der Waals surface area contributed by atoms with E-state index >= 15 is 0 Å². The van der Waals surface area contributed by atoms with Gasteiger partial charge in [-0.1, -0.05) is 0 Å². The lowest BCUT2D eigenvalue weighted by atomic mass is 10.3. The molecule has 0 aromatic carbocycles. The standard InChI is InChI=1S/C11H11BrN2S/c1-8-4-9(6-13-5-8)14-7-11-10(12)2-3-15-11/h2-6,14H,7H2,1H3. The zero-order valence-electron chi connectivity index (χ0n) is 8.33. The number of hydrogen-bond acceptors (Lipinski definition) is 3. The molecule has 0 amide bonds. The van der Waals surface area contributed by atoms with Crippen molar-refractivity contribution in [2.24, 2.45) is 0 Å². The Labute approximate surface area is 101 Å². The van der Waals surface area contributed by atoms with Gasteiger partial charge in [0.05, 0.1) is 12.2 Å². The van der Waals surface area contributed by atoms with Crippen LogP contribution in [0.25, 0.3) is 0 Å². The number of pyridine rings is 1. The summed E-state index contributed by atoms with van der Waals surface area (Å²) >= 11 is 5.25. The van der Waals surface area contributed by atoms with Crippen molar-refractivity contribution in [2.45, 2.75) is 13.5 Å². The molecule has 2 nitrogen and oxygen atoms in total. The van der Waals surface area contributed by atoms with Crippen LogP contribution >= 0.6 is 27.3 Å². The summed E-state index contributed by atoms with van der Waals surface area (Å²) in [5.74, 6) is 0. The van der Waals surface area contributed by atoms with Gasteiger partial charge in [-0.2, -0.15) is 0 Å². The molecule has 2 aromatic rings. The van der Waals surface area contributed by atoms with Crippen LogP contribution in [0.2, 0.25) is 0 Å². The lowest BCUT2D eigenvalue weighted by Crippen LogP contribution is -1.98. The summed E-state index contributed by atoms with van der Waals surface area (Å²) in [4.78, 5) is 5.44. The Bertz CT molecular complexity index is 453. The maximum Gasteiger partial charge on any atom is 0.0532 e. The van der Waals surface area contributed by atoms with Crippen LogP contribution in [0.5, 0.6) is 0 Å². The first kappa shape index (κ1) is 10.6. The van der Waals surface area contributed by atoms with Gasteiger partial charge in [-0.3, -0.25) is 4.98 Å². The predicted octanol–water partition coefficient (Wildman–Crippen LogP) is 3.83. The lowest BCUT2D eigenvalue weighted by molar-refractivity contribution is 1.15. The minimum Gasteiger partial charge on any atom is -0.379 e. The van der Waals surface area contributed by atoms with Crippen molar-refractivity contribution >= 4 is 33.0 Å². The Kier molecular flexibility index (Phi) is 3.38. The Hall–Kier alpha value is -0.870. The van der Waals surface area contributed by atoms with Gasteiger partial charge in [-0.25, -0.2) is 0 Å². The van der Waals surface area contributed by atoms with Crippen LogP contribution < -0.4 is 5.32 Å². The van der Waals surface area contributed by atoms with Crippen molar-refractivity contribution in [1.29, 1.82) is 0 Å². The van der Waals surface area contributed by atoms with E-state index in [0.29, 0.717) is 0 Å². The van der Waals surface area contributed by atoms with Gasteiger partial charge < -0.3 is 5.32 Å². The number of anilines is 1. The molecule has 0 aliphatic carbocycles. The van der Waals surface area contributed by atoms with Crippen molar-refractivity contribution in [1.82, 2.24) is 4.98 Å². The summed E-state index contributed by atoms with van der Waals surface area (Å²) < 4.78 is 1.17. The van der Waals surface area contributed by atoms with Crippen molar-refractivity contribution in [3.63, 3.8) is 0 Å². The molecule has 0 radical (unpaired) electrons. The topological polar surface area (TPSA) is 24.9 Å². The third kappa shape index (κ3) is 2.79. The van der Waals surface area contributed by atoms with Crippen LogP contribution in [-0.4, -0.2) is 4.98 Å². The van der Waals surface area contributed by atoms with Crippen molar-refractivity contribution in [2.75, 3.05) is 5.32 Å². The molecule has 2 rings (SSSR count). The van der Waals surface area contributed by atoms with E-state index in [0.717, 1.165) is 12.2 Å². The Morgan fingerprint density at radius 2 is 2.33 bits per heavy atom. The molecule has 1 N–H and O–H groups in total. The molecule has 0 saturated carbocycles. The molecule has 0 unspecified atom stereocenters. The van der Waals surface area contributed by atoms with E-state index in [1.807, 2.05) is 19.3 Å². The fraction of sp³-hybridized carbons (Fsp3) is 0.182. The van der Waals surface area contributed by atoms with E-state index in [1.165, 1.54) is 14.9 Å². The Balaban J connectivity index is 2.02. The average molecular weight is 283 g/mol. The zero-order valence-corrected chi connectivity index (χ0v) is 10.7. The van der Waals surface area contributed by atoms with Gasteiger partial charge in [-0.15, -0.1) is 11.3 Å². The van der Waals surface area contributed by atoms with Crippen LogP contribution in [-0.2, 0) is 6.54 Å². The summed E-state index contributed by atoms with van der Waals surface area (Å²) in [5, 5.41) is 5.43. The van der Waals surface area contributed by atoms with Crippen LogP contribution in [0.1, 0.15) is 10.4 Å². The third-order valence-corrected chi connectivity index (χ3v) is 3.95. The summed E-state index contributed by atoms with van der Waals surface area (Å²) in [6, 6.07) is 4.16. The second-order valence-corrected chi connectivity index (χ2v) is 5.15. The predicted molar refractivity (Wildman–Crippen MR) is 68.3 cm³/mol. The smallest absolute Gasteiger partial charge is 0.0532 e. The molecular weight excluding hydrogens is 272 g/mol. The number of rotatable bonds is 3. The van der Waals surface area contributed by atoms with Gasteiger partial charge in [0.15, 0.2) is 0 Å². The molecule has 0 bridgehead atoms. The van der Waals surface area contributed by atoms with Crippen LogP contribution in [0.4, 0.5) is 5.69 Å². The molecule has 15 heavy (non-hydrogen) atoms. The molecule has 0 atom stereocenters. The average Bonchev–Trinajstić information content (AvgIpc) is 2.61. The first-order valence-electron chi connectivity index (χ1n) is 4.63. The van der Waals surface area contributed by atoms with Crippen molar-refractivity contribution < 1.29 is 0 Å². The van der Waals surface area contributed by atoms with E-state index in [4.69, 9.17) is 0 Å². The van der Waals surface area contributed by atoms with Crippen LogP contribution in [0.3, 0.4) is 0 Å². The molecule has 2 aromatic heterocycles. The summed E-state index contributed by atoms with van der Waals surface area (Å²) in [6.45, 7) is 2.88. The van der Waals surface area contributed by atoms with Gasteiger partial charge in [-0.05, 0) is 45.9 Å². The number of nitrogens with zero attached hydrogens (tertiary/aromatic N) is 1. The highest BCUT2D eigenvalue weighted by Crippen LogP contribution is 2.23. The molecule has 78 valence electrons. The number of nitrogens with one attached hydrogen (secondary N) is 1. The fourth-order valence-electron chi connectivity index (χ4n) is 1.29. The highest BCUT2D eigenvalue weighted by Gasteiger charge is 2.00. The number of hydrogen-bond donors (Lipinski definition) is 1. The Morgan fingerprint density at radius 3 is 3.00 bits per heavy atom. The maximum absolute atomic E-state index is 4.14. The molecule has 4 heteroatoms. The first-order valence-corrected chi connectivity index (χ1v) is 6.30. The van der Waals surface area contributed by atoms with Gasteiger partial charge in [0, 0.05) is 21.7 Å². The highest BCUT2D eigenvalue weighted by atomic mass is 79.9. The Morgan fingerprint density at radius 1 is 1.47 bits per heavy atom. The van der Waals surface area contributed by atoms with E-state index in [9.17, 15) is 0 Å². The lowest BCUT2D eigenvalue weighted by Gasteiger charge is -2.05. The number of thiophene rings is 1. The quantitative estimate of drug-likeness (QED) is 0.926. The summed E-state index contributed by atoms with van der Waals surface area (Å²) in [6.07, 6.45) is 3.70. The van der Waals surface area contributed by atoms with Gasteiger partial charge in [0.2, 0.25) is 0 Å². The van der Waals surface area contributed by atoms with Crippen LogP contribution in [0.15, 0.2) is 34.4 Å². The second-order valence-electron chi connectivity index (χ2n) is 3.30. The maximum atomic E-state index is 4.14. The van der Waals surface area contributed by atoms with E-state index in [1.54, 1.807) is 11.3 Å². The third-order valence-electron chi connectivity index (χ3n) is 2.02. The van der Waals surface area contributed by atoms with Gasteiger partial charge in [0.25, 0.3) is 0 Å². The van der Waals surface area contributed by atoms with Crippen molar-refractivity contribution in [3.05, 3.63) is 44.8 Å². The molecule has 0 saturated heterocycles. The minimum absolute atomic E-state index is 0.837. The molecule has 2 heterocycles. The number of halogens is 1. The van der Waals surface area contributed by atoms with Gasteiger partial charge in [0.1, 0.15) is 0 Å². The molecule has 0 aliphatic rings. The molecule has 0 fully saturated rings. The largest absolute Gasteiger partial charge is 0.379 e. The highest BCUT2D eigenvalue weighted by molar-refractivity contribution is 9.10. The SMILES string of the molecule is Cc1cncc(NCc2sccc2Br)c1. The van der Waals surface area contributed by atoms with E-state index in [2.05, 4.69) is 43.7 Å². The number of aryl methyl sites for hydroxylation is 1. The first-order chi connectivity index (χ1) is 7.25. The molecular formula is C11H11BrN2S. The normalized spacial score (nSPS) is 10.3. The van der Waals surface area contributed by atoms with Gasteiger partial charge >= 0.3 is 0 Å². The fourth-order valence-corrected chi connectivity index (χ4v) is 2.72. The summed E-state index contributed by atoms with van der Waals surface area (Å²) in [7, 11) is 0. The van der Waals surface area contributed by atoms with E-state index < -0.39 is 0 Å². The van der Waals surface area contributed by atoms with Crippen molar-refractivity contribution in [3.8, 4) is 0 Å². The van der Waals surface area contributed by atoms with Crippen LogP contribution in [0, 0.1) is 6.92 Å².